The third-order valence-electron chi connectivity index (χ3n) is 2.55. The summed E-state index contributed by atoms with van der Waals surface area (Å²) >= 11 is 3.18. The first-order valence-corrected chi connectivity index (χ1v) is 6.79. The highest BCUT2D eigenvalue weighted by atomic mass is 79.9. The van der Waals surface area contributed by atoms with Crippen molar-refractivity contribution in [1.82, 2.24) is 0 Å². The molecular weight excluding hydrogens is 266 g/mol. The van der Waals surface area contributed by atoms with Crippen molar-refractivity contribution in [1.29, 1.82) is 0 Å². The molecule has 88 valence electrons. The Labute approximate surface area is 106 Å². The largest absolute Gasteiger partial charge is 0.372 e. The lowest BCUT2D eigenvalue weighted by Crippen LogP contribution is -2.23. The van der Waals surface area contributed by atoms with E-state index in [9.17, 15) is 4.79 Å². The Balaban J connectivity index is 2.80. The van der Waals surface area contributed by atoms with E-state index in [1.807, 2.05) is 24.3 Å². The fraction of sp³-hybridized carbons (Fsp3) is 0.462. The number of carbonyl (C=O) groups is 1. The number of benzene rings is 1. The predicted molar refractivity (Wildman–Crippen MR) is 72.7 cm³/mol. The topological polar surface area (TPSA) is 20.3 Å². The summed E-state index contributed by atoms with van der Waals surface area (Å²) in [6.07, 6.45) is 1.13. The minimum Gasteiger partial charge on any atom is -0.372 e. The van der Waals surface area contributed by atoms with Gasteiger partial charge in [0.25, 0.3) is 0 Å². The number of hydrogen-bond acceptors (Lipinski definition) is 2. The van der Waals surface area contributed by atoms with Crippen molar-refractivity contribution in [3.05, 3.63) is 29.8 Å². The van der Waals surface area contributed by atoms with E-state index >= 15 is 0 Å². The highest BCUT2D eigenvalue weighted by molar-refractivity contribution is 9.09. The maximum Gasteiger partial charge on any atom is 0.173 e. The number of anilines is 1. The van der Waals surface area contributed by atoms with E-state index in [-0.39, 0.29) is 5.78 Å². The van der Waals surface area contributed by atoms with Gasteiger partial charge in [-0.25, -0.2) is 0 Å². The highest BCUT2D eigenvalue weighted by Crippen LogP contribution is 2.16. The van der Waals surface area contributed by atoms with Gasteiger partial charge in [0.05, 0.1) is 5.33 Å². The molecule has 0 N–H and O–H groups in total. The molecule has 0 aliphatic carbocycles. The number of rotatable bonds is 6. The van der Waals surface area contributed by atoms with E-state index in [1.54, 1.807) is 0 Å². The third kappa shape index (κ3) is 3.34. The van der Waals surface area contributed by atoms with Gasteiger partial charge in [-0.05, 0) is 37.6 Å². The molecule has 3 heteroatoms. The van der Waals surface area contributed by atoms with E-state index in [4.69, 9.17) is 0 Å². The molecule has 0 radical (unpaired) electrons. The zero-order valence-electron chi connectivity index (χ0n) is 9.87. The Morgan fingerprint density at radius 1 is 1.25 bits per heavy atom. The maximum absolute atomic E-state index is 11.4. The van der Waals surface area contributed by atoms with Crippen molar-refractivity contribution >= 4 is 27.4 Å². The van der Waals surface area contributed by atoms with Crippen LogP contribution in [0.1, 0.15) is 30.6 Å². The summed E-state index contributed by atoms with van der Waals surface area (Å²) in [6.45, 7) is 6.38. The van der Waals surface area contributed by atoms with Crippen molar-refractivity contribution in [3.63, 3.8) is 0 Å². The minimum atomic E-state index is 0.130. The molecule has 0 spiro atoms. The Bertz CT molecular complexity index is 334. The molecular formula is C13H18BrNO. The van der Waals surface area contributed by atoms with Crippen LogP contribution in [0.2, 0.25) is 0 Å². The predicted octanol–water partition coefficient (Wildman–Crippen LogP) is 3.50. The van der Waals surface area contributed by atoms with Crippen molar-refractivity contribution in [2.24, 2.45) is 0 Å². The lowest BCUT2D eigenvalue weighted by molar-refractivity contribution is 0.102. The number of hydrogen-bond donors (Lipinski definition) is 0. The van der Waals surface area contributed by atoms with Crippen molar-refractivity contribution in [2.45, 2.75) is 20.3 Å². The zero-order valence-corrected chi connectivity index (χ0v) is 11.5. The number of nitrogens with zero attached hydrogens (tertiary/aromatic N) is 1. The second-order valence-corrected chi connectivity index (χ2v) is 4.24. The average Bonchev–Trinajstić information content (AvgIpc) is 2.35. The van der Waals surface area contributed by atoms with Crippen molar-refractivity contribution in [3.8, 4) is 0 Å². The number of halogens is 1. The first kappa shape index (κ1) is 13.2. The van der Waals surface area contributed by atoms with Crippen LogP contribution in [0.3, 0.4) is 0 Å². The molecule has 2 nitrogen and oxygen atoms in total. The fourth-order valence-electron chi connectivity index (χ4n) is 1.67. The summed E-state index contributed by atoms with van der Waals surface area (Å²) in [4.78, 5) is 13.7. The van der Waals surface area contributed by atoms with E-state index in [1.165, 1.54) is 5.69 Å². The summed E-state index contributed by atoms with van der Waals surface area (Å²) in [5.74, 6) is 0.130. The molecule has 0 amide bonds. The Hall–Kier alpha value is -0.830. The summed E-state index contributed by atoms with van der Waals surface area (Å²) in [7, 11) is 0. The smallest absolute Gasteiger partial charge is 0.173 e. The first-order valence-electron chi connectivity index (χ1n) is 5.67. The normalized spacial score (nSPS) is 10.2. The molecule has 0 heterocycles. The third-order valence-corrected chi connectivity index (χ3v) is 3.06. The number of carbonyl (C=O) groups excluding carboxylic acids is 1. The van der Waals surface area contributed by atoms with Crippen LogP contribution >= 0.6 is 15.9 Å². The first-order chi connectivity index (χ1) is 7.72. The lowest BCUT2D eigenvalue weighted by atomic mass is 10.1. The molecule has 0 fully saturated rings. The molecule has 0 aliphatic rings. The molecule has 0 unspecified atom stereocenters. The molecule has 0 aromatic heterocycles. The molecule has 1 aromatic rings. The van der Waals surface area contributed by atoms with Crippen LogP contribution in [0.5, 0.6) is 0 Å². The SMILES string of the molecule is CCCN(CC)c1ccc(C(=O)CBr)cc1. The van der Waals surface area contributed by atoms with Crippen LogP contribution in [-0.2, 0) is 0 Å². The maximum atomic E-state index is 11.4. The van der Waals surface area contributed by atoms with E-state index in [2.05, 4.69) is 34.7 Å². The quantitative estimate of drug-likeness (QED) is 0.588. The standard InChI is InChI=1S/C13H18BrNO/c1-3-9-15(4-2)12-7-5-11(6-8-12)13(16)10-14/h5-8H,3-4,9-10H2,1-2H3. The zero-order chi connectivity index (χ0) is 12.0. The van der Waals surface area contributed by atoms with Gasteiger partial charge in [-0.3, -0.25) is 4.79 Å². The van der Waals surface area contributed by atoms with E-state index in [0.29, 0.717) is 5.33 Å². The molecule has 0 saturated carbocycles. The summed E-state index contributed by atoms with van der Waals surface area (Å²) in [6, 6.07) is 7.85. The molecule has 0 aliphatic heterocycles. The van der Waals surface area contributed by atoms with Gasteiger partial charge >= 0.3 is 0 Å². The van der Waals surface area contributed by atoms with Crippen LogP contribution in [-0.4, -0.2) is 24.2 Å². The Morgan fingerprint density at radius 2 is 1.88 bits per heavy atom. The molecule has 1 aromatic carbocycles. The monoisotopic (exact) mass is 283 g/mol. The minimum absolute atomic E-state index is 0.130. The van der Waals surface area contributed by atoms with Gasteiger partial charge < -0.3 is 4.90 Å². The highest BCUT2D eigenvalue weighted by Gasteiger charge is 2.06. The fourth-order valence-corrected chi connectivity index (χ4v) is 2.00. The van der Waals surface area contributed by atoms with Gasteiger partial charge in [-0.2, -0.15) is 0 Å². The van der Waals surface area contributed by atoms with Gasteiger partial charge in [-0.15, -0.1) is 0 Å². The van der Waals surface area contributed by atoms with Crippen molar-refractivity contribution < 1.29 is 4.79 Å². The number of alkyl halides is 1. The van der Waals surface area contributed by atoms with E-state index < -0.39 is 0 Å². The second-order valence-electron chi connectivity index (χ2n) is 3.68. The molecule has 0 bridgehead atoms. The van der Waals surface area contributed by atoms with Gasteiger partial charge in [0, 0.05) is 24.3 Å². The van der Waals surface area contributed by atoms with Gasteiger partial charge in [0.1, 0.15) is 0 Å². The summed E-state index contributed by atoms with van der Waals surface area (Å²) in [5, 5.41) is 0.388. The average molecular weight is 284 g/mol. The number of ketones is 1. The molecule has 0 saturated heterocycles. The number of Topliss-reactive ketones (excluding diaryl/α,β-unsaturated/α-hetero) is 1. The molecule has 0 atom stereocenters. The van der Waals surface area contributed by atoms with Crippen LogP contribution in [0.25, 0.3) is 0 Å². The van der Waals surface area contributed by atoms with Crippen LogP contribution < -0.4 is 4.90 Å². The summed E-state index contributed by atoms with van der Waals surface area (Å²) in [5.41, 5.74) is 1.96. The van der Waals surface area contributed by atoms with Crippen LogP contribution in [0.15, 0.2) is 24.3 Å². The van der Waals surface area contributed by atoms with Crippen molar-refractivity contribution in [2.75, 3.05) is 23.3 Å². The van der Waals surface area contributed by atoms with Crippen LogP contribution in [0.4, 0.5) is 5.69 Å². The molecule has 1 rings (SSSR count). The molecule has 16 heavy (non-hydrogen) atoms. The Morgan fingerprint density at radius 3 is 2.31 bits per heavy atom. The lowest BCUT2D eigenvalue weighted by Gasteiger charge is -2.22. The van der Waals surface area contributed by atoms with Gasteiger partial charge in [0.15, 0.2) is 5.78 Å². The van der Waals surface area contributed by atoms with Gasteiger partial charge in [-0.1, -0.05) is 22.9 Å². The summed E-state index contributed by atoms with van der Waals surface area (Å²) < 4.78 is 0. The second kappa shape index (κ2) is 6.69. The van der Waals surface area contributed by atoms with Gasteiger partial charge in [0.2, 0.25) is 0 Å². The van der Waals surface area contributed by atoms with Crippen LogP contribution in [0, 0.1) is 0 Å². The van der Waals surface area contributed by atoms with E-state index in [0.717, 1.165) is 25.1 Å². The Kier molecular flexibility index (Phi) is 5.53.